The van der Waals surface area contributed by atoms with Crippen LogP contribution in [-0.4, -0.2) is 4.57 Å². The predicted octanol–water partition coefficient (Wildman–Crippen LogP) is 10.5. The molecule has 0 aliphatic carbocycles. The van der Waals surface area contributed by atoms with Crippen LogP contribution >= 0.6 is 0 Å². The Morgan fingerprint density at radius 3 is 2.00 bits per heavy atom. The van der Waals surface area contributed by atoms with Crippen molar-refractivity contribution in [1.29, 1.82) is 0 Å². The summed E-state index contributed by atoms with van der Waals surface area (Å²) in [6, 6.07) is 50.2. The first-order chi connectivity index (χ1) is 19.6. The summed E-state index contributed by atoms with van der Waals surface area (Å²) in [4.78, 5) is 0. The third kappa shape index (κ3) is 4.34. The van der Waals surface area contributed by atoms with Gasteiger partial charge in [-0.15, -0.1) is 0 Å². The van der Waals surface area contributed by atoms with Gasteiger partial charge in [0.05, 0.1) is 11.0 Å². The number of aryl methyl sites for hydroxylation is 2. The van der Waals surface area contributed by atoms with Crippen LogP contribution in [0.15, 0.2) is 140 Å². The summed E-state index contributed by atoms with van der Waals surface area (Å²) in [5, 5.41) is 6.19. The summed E-state index contributed by atoms with van der Waals surface area (Å²) in [7, 11) is 0. The molecule has 0 radical (unpaired) electrons. The molecule has 1 aromatic heterocycles. The average Bonchev–Trinajstić information content (AvgIpc) is 3.32. The first-order valence-corrected chi connectivity index (χ1v) is 13.8. The maximum absolute atomic E-state index is 3.67. The van der Waals surface area contributed by atoms with E-state index in [0.29, 0.717) is 0 Å². The third-order valence-electron chi connectivity index (χ3n) is 7.67. The standard InChI is InChI=1S/C38H30N2/c1-26-10-8-14-31(22-26)39-36-20-18-29(24-34(36)28-12-4-3-5-13-28)30-19-21-38-35(25-30)33-16-6-7-17-37(33)40(38)32-15-9-11-27(2)23-32/h3-25,39H,1-2H3. The van der Waals surface area contributed by atoms with Crippen molar-refractivity contribution in [1.82, 2.24) is 4.57 Å². The van der Waals surface area contributed by atoms with Crippen molar-refractivity contribution >= 4 is 33.2 Å². The third-order valence-corrected chi connectivity index (χ3v) is 7.67. The van der Waals surface area contributed by atoms with Crippen molar-refractivity contribution in [3.05, 3.63) is 151 Å². The molecule has 0 bridgehead atoms. The topological polar surface area (TPSA) is 17.0 Å². The first-order valence-electron chi connectivity index (χ1n) is 13.8. The highest BCUT2D eigenvalue weighted by Crippen LogP contribution is 2.38. The van der Waals surface area contributed by atoms with E-state index < -0.39 is 0 Å². The summed E-state index contributed by atoms with van der Waals surface area (Å²) in [5.74, 6) is 0. The molecule has 2 heteroatoms. The van der Waals surface area contributed by atoms with Gasteiger partial charge < -0.3 is 9.88 Å². The zero-order valence-electron chi connectivity index (χ0n) is 22.7. The summed E-state index contributed by atoms with van der Waals surface area (Å²) in [6.45, 7) is 4.27. The Bertz CT molecular complexity index is 2000. The molecule has 1 heterocycles. The van der Waals surface area contributed by atoms with Gasteiger partial charge in [0.15, 0.2) is 0 Å². The fourth-order valence-electron chi connectivity index (χ4n) is 5.77. The SMILES string of the molecule is Cc1cccc(Nc2ccc(-c3ccc4c(c3)c3ccccc3n4-c3cccc(C)c3)cc2-c2ccccc2)c1. The second-order valence-corrected chi connectivity index (χ2v) is 10.5. The molecule has 0 aliphatic rings. The maximum atomic E-state index is 3.67. The molecule has 2 nitrogen and oxygen atoms in total. The van der Waals surface area contributed by atoms with Gasteiger partial charge in [0.1, 0.15) is 0 Å². The van der Waals surface area contributed by atoms with Crippen molar-refractivity contribution in [2.45, 2.75) is 13.8 Å². The van der Waals surface area contributed by atoms with Gasteiger partial charge in [-0.05, 0) is 96.3 Å². The molecule has 0 spiro atoms. The lowest BCUT2D eigenvalue weighted by atomic mass is 9.96. The molecule has 0 fully saturated rings. The van der Waals surface area contributed by atoms with Gasteiger partial charge in [-0.2, -0.15) is 0 Å². The lowest BCUT2D eigenvalue weighted by Crippen LogP contribution is -1.95. The molecule has 0 saturated carbocycles. The second kappa shape index (κ2) is 9.91. The summed E-state index contributed by atoms with van der Waals surface area (Å²) < 4.78 is 2.38. The van der Waals surface area contributed by atoms with E-state index in [-0.39, 0.29) is 0 Å². The largest absolute Gasteiger partial charge is 0.355 e. The lowest BCUT2D eigenvalue weighted by molar-refractivity contribution is 1.17. The molecule has 192 valence electrons. The Kier molecular flexibility index (Phi) is 5.94. The lowest BCUT2D eigenvalue weighted by Gasteiger charge is -2.15. The van der Waals surface area contributed by atoms with Gasteiger partial charge in [-0.25, -0.2) is 0 Å². The summed E-state index contributed by atoms with van der Waals surface area (Å²) in [6.07, 6.45) is 0. The van der Waals surface area contributed by atoms with E-state index in [0.717, 1.165) is 11.4 Å². The molecule has 40 heavy (non-hydrogen) atoms. The number of hydrogen-bond donors (Lipinski definition) is 1. The minimum atomic E-state index is 1.09. The van der Waals surface area contributed by atoms with Gasteiger partial charge in [0, 0.05) is 33.4 Å². The Morgan fingerprint density at radius 1 is 0.475 bits per heavy atom. The average molecular weight is 515 g/mol. The van der Waals surface area contributed by atoms with Crippen LogP contribution < -0.4 is 5.32 Å². The van der Waals surface area contributed by atoms with Crippen LogP contribution in [0, 0.1) is 13.8 Å². The molecular weight excluding hydrogens is 484 g/mol. The van der Waals surface area contributed by atoms with Crippen LogP contribution in [0.4, 0.5) is 11.4 Å². The molecule has 0 unspecified atom stereocenters. The molecule has 0 aliphatic heterocycles. The Balaban J connectivity index is 1.38. The summed E-state index contributed by atoms with van der Waals surface area (Å²) in [5.41, 5.74) is 13.1. The molecule has 7 rings (SSSR count). The van der Waals surface area contributed by atoms with Crippen LogP contribution in [0.2, 0.25) is 0 Å². The van der Waals surface area contributed by atoms with Gasteiger partial charge in [-0.1, -0.05) is 84.9 Å². The number of aromatic nitrogens is 1. The maximum Gasteiger partial charge on any atom is 0.0541 e. The molecular formula is C38H30N2. The van der Waals surface area contributed by atoms with Crippen LogP contribution in [0.1, 0.15) is 11.1 Å². The van der Waals surface area contributed by atoms with Gasteiger partial charge in [0.25, 0.3) is 0 Å². The van der Waals surface area contributed by atoms with Crippen molar-refractivity contribution in [3.63, 3.8) is 0 Å². The minimum absolute atomic E-state index is 1.09. The van der Waals surface area contributed by atoms with Crippen molar-refractivity contribution in [3.8, 4) is 27.9 Å². The van der Waals surface area contributed by atoms with E-state index in [9.17, 15) is 0 Å². The van der Waals surface area contributed by atoms with E-state index in [1.54, 1.807) is 0 Å². The zero-order chi connectivity index (χ0) is 27.1. The van der Waals surface area contributed by atoms with Gasteiger partial charge in [0.2, 0.25) is 0 Å². The molecule has 0 atom stereocenters. The first kappa shape index (κ1) is 24.0. The number of anilines is 2. The Labute approximate surface area is 235 Å². The molecule has 1 N–H and O–H groups in total. The fraction of sp³-hybridized carbons (Fsp3) is 0.0526. The number of rotatable bonds is 5. The minimum Gasteiger partial charge on any atom is -0.355 e. The highest BCUT2D eigenvalue weighted by molar-refractivity contribution is 6.10. The summed E-state index contributed by atoms with van der Waals surface area (Å²) >= 11 is 0. The number of hydrogen-bond acceptors (Lipinski definition) is 1. The monoisotopic (exact) mass is 514 g/mol. The van der Waals surface area contributed by atoms with E-state index >= 15 is 0 Å². The highest BCUT2D eigenvalue weighted by Gasteiger charge is 2.14. The highest BCUT2D eigenvalue weighted by atomic mass is 15.0. The second-order valence-electron chi connectivity index (χ2n) is 10.5. The number of benzene rings is 6. The van der Waals surface area contributed by atoms with Gasteiger partial charge in [-0.3, -0.25) is 0 Å². The molecule has 6 aromatic carbocycles. The van der Waals surface area contributed by atoms with Crippen LogP contribution in [0.5, 0.6) is 0 Å². The number of nitrogens with one attached hydrogen (secondary N) is 1. The van der Waals surface area contributed by atoms with Crippen LogP contribution in [0.3, 0.4) is 0 Å². The smallest absolute Gasteiger partial charge is 0.0541 e. The van der Waals surface area contributed by atoms with Crippen LogP contribution in [0.25, 0.3) is 49.7 Å². The van der Waals surface area contributed by atoms with E-state index in [1.807, 2.05) is 0 Å². The number of fused-ring (bicyclic) bond motifs is 3. The quantitative estimate of drug-likeness (QED) is 0.242. The van der Waals surface area contributed by atoms with Crippen molar-refractivity contribution < 1.29 is 0 Å². The van der Waals surface area contributed by atoms with E-state index in [1.165, 1.54) is 60.9 Å². The number of para-hydroxylation sites is 1. The predicted molar refractivity (Wildman–Crippen MR) is 171 cm³/mol. The molecule has 7 aromatic rings. The number of nitrogens with zero attached hydrogens (tertiary/aromatic N) is 1. The van der Waals surface area contributed by atoms with Crippen molar-refractivity contribution in [2.24, 2.45) is 0 Å². The normalized spacial score (nSPS) is 11.2. The Morgan fingerprint density at radius 2 is 1.18 bits per heavy atom. The van der Waals surface area contributed by atoms with Crippen molar-refractivity contribution in [2.75, 3.05) is 5.32 Å². The van der Waals surface area contributed by atoms with Crippen LogP contribution in [-0.2, 0) is 0 Å². The zero-order valence-corrected chi connectivity index (χ0v) is 22.7. The fourth-order valence-corrected chi connectivity index (χ4v) is 5.77. The van der Waals surface area contributed by atoms with E-state index in [4.69, 9.17) is 0 Å². The van der Waals surface area contributed by atoms with Gasteiger partial charge >= 0.3 is 0 Å². The molecule has 0 saturated heterocycles. The van der Waals surface area contributed by atoms with E-state index in [2.05, 4.69) is 163 Å². The Hall–Kier alpha value is -5.08. The molecule has 0 amide bonds.